The van der Waals surface area contributed by atoms with Crippen molar-refractivity contribution >= 4 is 22.4 Å². The maximum absolute atomic E-state index is 12.6. The summed E-state index contributed by atoms with van der Waals surface area (Å²) in [5.74, 6) is 0.137. The van der Waals surface area contributed by atoms with Crippen molar-refractivity contribution in [2.75, 3.05) is 18.5 Å². The van der Waals surface area contributed by atoms with Crippen molar-refractivity contribution < 1.29 is 4.79 Å². The standard InChI is InChI=1S/C18H18N2O/c1-19(14-8-4-3-5-9-14)13-18(21)16-12-20(2)17-11-7-6-10-15(16)17/h3-12H,13H2,1-2H3. The Morgan fingerprint density at radius 3 is 2.48 bits per heavy atom. The van der Waals surface area contributed by atoms with Crippen LogP contribution in [0.4, 0.5) is 5.69 Å². The Kier molecular flexibility index (Phi) is 3.48. The zero-order chi connectivity index (χ0) is 14.8. The van der Waals surface area contributed by atoms with Gasteiger partial charge in [-0.3, -0.25) is 4.79 Å². The van der Waals surface area contributed by atoms with Crippen LogP contribution in [0, 0.1) is 0 Å². The third-order valence-corrected chi connectivity index (χ3v) is 3.78. The molecule has 0 fully saturated rings. The molecule has 0 atom stereocenters. The highest BCUT2D eigenvalue weighted by Crippen LogP contribution is 2.21. The second kappa shape index (κ2) is 5.44. The van der Waals surface area contributed by atoms with Crippen molar-refractivity contribution in [1.82, 2.24) is 4.57 Å². The molecule has 0 aliphatic rings. The van der Waals surface area contributed by atoms with Gasteiger partial charge in [-0.05, 0) is 18.2 Å². The molecule has 0 aliphatic heterocycles. The zero-order valence-electron chi connectivity index (χ0n) is 12.3. The number of carbonyl (C=O) groups excluding carboxylic acids is 1. The van der Waals surface area contributed by atoms with E-state index < -0.39 is 0 Å². The van der Waals surface area contributed by atoms with Crippen molar-refractivity contribution in [1.29, 1.82) is 0 Å². The largest absolute Gasteiger partial charge is 0.367 e. The van der Waals surface area contributed by atoms with Crippen LogP contribution in [-0.2, 0) is 7.05 Å². The van der Waals surface area contributed by atoms with E-state index in [0.717, 1.165) is 22.2 Å². The minimum absolute atomic E-state index is 0.137. The fourth-order valence-corrected chi connectivity index (χ4v) is 2.64. The number of para-hydroxylation sites is 2. The number of aryl methyl sites for hydroxylation is 1. The van der Waals surface area contributed by atoms with Crippen LogP contribution in [0.15, 0.2) is 60.8 Å². The maximum Gasteiger partial charge on any atom is 0.184 e. The smallest absolute Gasteiger partial charge is 0.184 e. The van der Waals surface area contributed by atoms with E-state index in [2.05, 4.69) is 0 Å². The van der Waals surface area contributed by atoms with E-state index >= 15 is 0 Å². The van der Waals surface area contributed by atoms with Crippen molar-refractivity contribution in [2.24, 2.45) is 7.05 Å². The Morgan fingerprint density at radius 2 is 1.71 bits per heavy atom. The van der Waals surface area contributed by atoms with Crippen LogP contribution in [-0.4, -0.2) is 23.9 Å². The Labute approximate surface area is 124 Å². The van der Waals surface area contributed by atoms with Gasteiger partial charge in [0, 0.05) is 42.4 Å². The molecule has 0 N–H and O–H groups in total. The second-order valence-electron chi connectivity index (χ2n) is 5.29. The maximum atomic E-state index is 12.6. The number of benzene rings is 2. The second-order valence-corrected chi connectivity index (χ2v) is 5.29. The number of hydrogen-bond donors (Lipinski definition) is 0. The number of anilines is 1. The molecule has 3 rings (SSSR count). The number of aromatic nitrogens is 1. The third kappa shape index (κ3) is 2.55. The quantitative estimate of drug-likeness (QED) is 0.682. The summed E-state index contributed by atoms with van der Waals surface area (Å²) in [6.45, 7) is 0.373. The van der Waals surface area contributed by atoms with E-state index in [4.69, 9.17) is 0 Å². The minimum Gasteiger partial charge on any atom is -0.367 e. The van der Waals surface area contributed by atoms with E-state index in [1.165, 1.54) is 0 Å². The summed E-state index contributed by atoms with van der Waals surface area (Å²) in [7, 11) is 3.92. The molecule has 3 heteroatoms. The molecule has 1 aromatic heterocycles. The van der Waals surface area contributed by atoms with E-state index in [9.17, 15) is 4.79 Å². The summed E-state index contributed by atoms with van der Waals surface area (Å²) in [5.41, 5.74) is 2.92. The Hall–Kier alpha value is -2.55. The summed E-state index contributed by atoms with van der Waals surface area (Å²) in [5, 5.41) is 1.02. The molecule has 1 heterocycles. The molecule has 0 amide bonds. The van der Waals surface area contributed by atoms with Crippen LogP contribution in [0.5, 0.6) is 0 Å². The van der Waals surface area contributed by atoms with Gasteiger partial charge in [0.1, 0.15) is 0 Å². The van der Waals surface area contributed by atoms with Gasteiger partial charge in [-0.1, -0.05) is 36.4 Å². The highest BCUT2D eigenvalue weighted by Gasteiger charge is 2.15. The lowest BCUT2D eigenvalue weighted by molar-refractivity contribution is 0.100. The Bertz CT molecular complexity index is 774. The normalized spacial score (nSPS) is 10.8. The topological polar surface area (TPSA) is 25.2 Å². The van der Waals surface area contributed by atoms with Crippen molar-refractivity contribution in [2.45, 2.75) is 0 Å². The van der Waals surface area contributed by atoms with Crippen molar-refractivity contribution in [3.63, 3.8) is 0 Å². The molecule has 0 bridgehead atoms. The highest BCUT2D eigenvalue weighted by molar-refractivity contribution is 6.09. The molecule has 0 aliphatic carbocycles. The number of likely N-dealkylation sites (N-methyl/N-ethyl adjacent to an activating group) is 1. The van der Waals surface area contributed by atoms with Crippen LogP contribution in [0.3, 0.4) is 0 Å². The zero-order valence-corrected chi connectivity index (χ0v) is 12.3. The average Bonchev–Trinajstić information content (AvgIpc) is 2.86. The lowest BCUT2D eigenvalue weighted by Gasteiger charge is -2.18. The van der Waals surface area contributed by atoms with Gasteiger partial charge in [-0.15, -0.1) is 0 Å². The molecule has 0 saturated heterocycles. The number of rotatable bonds is 4. The molecule has 21 heavy (non-hydrogen) atoms. The minimum atomic E-state index is 0.137. The first kappa shape index (κ1) is 13.4. The summed E-state index contributed by atoms with van der Waals surface area (Å²) in [6, 6.07) is 18.0. The van der Waals surface area contributed by atoms with E-state index in [1.807, 2.05) is 84.4 Å². The number of nitrogens with zero attached hydrogens (tertiary/aromatic N) is 2. The predicted octanol–water partition coefficient (Wildman–Crippen LogP) is 3.50. The summed E-state index contributed by atoms with van der Waals surface area (Å²) < 4.78 is 2.01. The summed E-state index contributed by atoms with van der Waals surface area (Å²) in [6.07, 6.45) is 1.92. The van der Waals surface area contributed by atoms with Crippen LogP contribution in [0.1, 0.15) is 10.4 Å². The first-order valence-corrected chi connectivity index (χ1v) is 7.00. The SMILES string of the molecule is CN(CC(=O)c1cn(C)c2ccccc12)c1ccccc1. The van der Waals surface area contributed by atoms with Gasteiger partial charge in [-0.25, -0.2) is 0 Å². The lowest BCUT2D eigenvalue weighted by atomic mass is 10.1. The third-order valence-electron chi connectivity index (χ3n) is 3.78. The lowest BCUT2D eigenvalue weighted by Crippen LogP contribution is -2.25. The molecule has 0 unspecified atom stereocenters. The van der Waals surface area contributed by atoms with Gasteiger partial charge < -0.3 is 9.47 Å². The van der Waals surface area contributed by atoms with Gasteiger partial charge in [0.25, 0.3) is 0 Å². The molecular formula is C18H18N2O. The van der Waals surface area contributed by atoms with Crippen LogP contribution < -0.4 is 4.90 Å². The number of fused-ring (bicyclic) bond motifs is 1. The molecule has 106 valence electrons. The monoisotopic (exact) mass is 278 g/mol. The number of hydrogen-bond acceptors (Lipinski definition) is 2. The molecule has 0 spiro atoms. The van der Waals surface area contributed by atoms with Gasteiger partial charge in [0.05, 0.1) is 6.54 Å². The van der Waals surface area contributed by atoms with E-state index in [1.54, 1.807) is 0 Å². The first-order valence-electron chi connectivity index (χ1n) is 7.00. The molecule has 0 radical (unpaired) electrons. The Balaban J connectivity index is 1.88. The molecule has 0 saturated carbocycles. The van der Waals surface area contributed by atoms with E-state index in [0.29, 0.717) is 6.54 Å². The van der Waals surface area contributed by atoms with Crippen molar-refractivity contribution in [3.05, 3.63) is 66.4 Å². The fraction of sp³-hybridized carbons (Fsp3) is 0.167. The number of ketones is 1. The van der Waals surface area contributed by atoms with Crippen LogP contribution >= 0.6 is 0 Å². The molecule has 3 aromatic rings. The van der Waals surface area contributed by atoms with Gasteiger partial charge in [0.2, 0.25) is 0 Å². The molecule has 2 aromatic carbocycles. The highest BCUT2D eigenvalue weighted by atomic mass is 16.1. The van der Waals surface area contributed by atoms with Crippen LogP contribution in [0.25, 0.3) is 10.9 Å². The van der Waals surface area contributed by atoms with Gasteiger partial charge in [-0.2, -0.15) is 0 Å². The Morgan fingerprint density at radius 1 is 1.05 bits per heavy atom. The average molecular weight is 278 g/mol. The first-order chi connectivity index (χ1) is 10.2. The van der Waals surface area contributed by atoms with Crippen LogP contribution in [0.2, 0.25) is 0 Å². The summed E-state index contributed by atoms with van der Waals surface area (Å²) >= 11 is 0. The fourth-order valence-electron chi connectivity index (χ4n) is 2.64. The van der Waals surface area contributed by atoms with E-state index in [-0.39, 0.29) is 5.78 Å². The molecular weight excluding hydrogens is 260 g/mol. The van der Waals surface area contributed by atoms with Gasteiger partial charge in [0.15, 0.2) is 5.78 Å². The molecule has 3 nitrogen and oxygen atoms in total. The number of Topliss-reactive ketones (excluding diaryl/α,β-unsaturated/α-hetero) is 1. The number of carbonyl (C=O) groups is 1. The van der Waals surface area contributed by atoms with Gasteiger partial charge >= 0.3 is 0 Å². The predicted molar refractivity (Wildman–Crippen MR) is 87.0 cm³/mol. The summed E-state index contributed by atoms with van der Waals surface area (Å²) in [4.78, 5) is 14.6. The van der Waals surface area contributed by atoms with Crippen molar-refractivity contribution in [3.8, 4) is 0 Å².